The van der Waals surface area contributed by atoms with Gasteiger partial charge < -0.3 is 10.5 Å². The van der Waals surface area contributed by atoms with E-state index in [2.05, 4.69) is 20.9 Å². The maximum atomic E-state index is 5.99. The molecule has 2 aromatic rings. The van der Waals surface area contributed by atoms with Crippen LogP contribution in [-0.4, -0.2) is 4.98 Å². The van der Waals surface area contributed by atoms with Gasteiger partial charge in [0.1, 0.15) is 12.4 Å². The Kier molecular flexibility index (Phi) is 4.10. The molecule has 0 amide bonds. The van der Waals surface area contributed by atoms with Gasteiger partial charge in [0.15, 0.2) is 0 Å². The molecule has 0 fully saturated rings. The minimum atomic E-state index is 0.428. The third kappa shape index (κ3) is 3.07. The number of hydrogen-bond donors (Lipinski definition) is 1. The van der Waals surface area contributed by atoms with Crippen molar-refractivity contribution in [2.24, 2.45) is 0 Å². The molecule has 0 aliphatic carbocycles. The van der Waals surface area contributed by atoms with Gasteiger partial charge in [0.05, 0.1) is 5.69 Å². The van der Waals surface area contributed by atoms with Crippen LogP contribution < -0.4 is 10.5 Å². The summed E-state index contributed by atoms with van der Waals surface area (Å²) < 4.78 is 6.84. The number of halogens is 1. The second-order valence-electron chi connectivity index (χ2n) is 4.63. The molecule has 2 N–H and O–H groups in total. The van der Waals surface area contributed by atoms with Gasteiger partial charge in [-0.2, -0.15) is 0 Å². The zero-order valence-corrected chi connectivity index (χ0v) is 12.9. The second-order valence-corrected chi connectivity index (χ2v) is 5.48. The predicted molar refractivity (Wildman–Crippen MR) is 81.3 cm³/mol. The van der Waals surface area contributed by atoms with Crippen LogP contribution in [0.1, 0.15) is 22.4 Å². The Bertz CT molecular complexity index is 611. The van der Waals surface area contributed by atoms with Crippen molar-refractivity contribution in [2.45, 2.75) is 27.4 Å². The lowest BCUT2D eigenvalue weighted by molar-refractivity contribution is 0.300. The summed E-state index contributed by atoms with van der Waals surface area (Å²) in [7, 11) is 0. The molecule has 100 valence electrons. The molecule has 1 aromatic heterocycles. The number of nitrogen functional groups attached to an aromatic ring is 1. The molecule has 0 radical (unpaired) electrons. The molecule has 0 aliphatic rings. The van der Waals surface area contributed by atoms with Gasteiger partial charge in [-0.05, 0) is 55.7 Å². The summed E-state index contributed by atoms with van der Waals surface area (Å²) in [6, 6.07) is 5.91. The van der Waals surface area contributed by atoms with E-state index in [0.717, 1.165) is 38.3 Å². The molecule has 0 saturated heterocycles. The highest BCUT2D eigenvalue weighted by Gasteiger charge is 2.07. The van der Waals surface area contributed by atoms with E-state index >= 15 is 0 Å². The fourth-order valence-corrected chi connectivity index (χ4v) is 2.04. The first kappa shape index (κ1) is 13.9. The number of rotatable bonds is 3. The number of nitrogens with zero attached hydrogens (tertiary/aromatic N) is 1. The standard InChI is InChI=1S/C15H17BrN2O/c1-9-6-12(4-5-13(9)16)19-8-14-11(3)15(17)10(2)7-18-14/h4-7H,8H2,1-3H3,(H2,17,18). The summed E-state index contributed by atoms with van der Waals surface area (Å²) in [5.41, 5.74) is 10.8. The van der Waals surface area contributed by atoms with Gasteiger partial charge in [-0.3, -0.25) is 4.98 Å². The molecule has 1 aromatic carbocycles. The van der Waals surface area contributed by atoms with Crippen molar-refractivity contribution in [3.63, 3.8) is 0 Å². The molecular weight excluding hydrogens is 304 g/mol. The molecule has 1 heterocycles. The van der Waals surface area contributed by atoms with E-state index in [1.165, 1.54) is 0 Å². The average Bonchev–Trinajstić information content (AvgIpc) is 2.39. The largest absolute Gasteiger partial charge is 0.487 e. The number of aryl methyl sites for hydroxylation is 2. The molecule has 3 nitrogen and oxygen atoms in total. The summed E-state index contributed by atoms with van der Waals surface area (Å²) in [6.07, 6.45) is 1.79. The summed E-state index contributed by atoms with van der Waals surface area (Å²) in [4.78, 5) is 4.38. The topological polar surface area (TPSA) is 48.1 Å². The molecule has 0 atom stereocenters. The number of pyridine rings is 1. The van der Waals surface area contributed by atoms with Crippen LogP contribution in [0, 0.1) is 20.8 Å². The van der Waals surface area contributed by atoms with Crippen molar-refractivity contribution in [3.05, 3.63) is 51.3 Å². The lowest BCUT2D eigenvalue weighted by atomic mass is 10.1. The number of benzene rings is 1. The van der Waals surface area contributed by atoms with Gasteiger partial charge >= 0.3 is 0 Å². The van der Waals surface area contributed by atoms with Crippen molar-refractivity contribution in [2.75, 3.05) is 5.73 Å². The molecule has 19 heavy (non-hydrogen) atoms. The summed E-state index contributed by atoms with van der Waals surface area (Å²) in [5, 5.41) is 0. The summed E-state index contributed by atoms with van der Waals surface area (Å²) in [6.45, 7) is 6.39. The monoisotopic (exact) mass is 320 g/mol. The number of anilines is 1. The molecule has 0 saturated carbocycles. The highest BCUT2D eigenvalue weighted by Crippen LogP contribution is 2.23. The van der Waals surface area contributed by atoms with Gasteiger partial charge in [-0.25, -0.2) is 0 Å². The Hall–Kier alpha value is -1.55. The van der Waals surface area contributed by atoms with Crippen LogP contribution in [0.2, 0.25) is 0 Å². The van der Waals surface area contributed by atoms with Crippen molar-refractivity contribution in [1.82, 2.24) is 4.98 Å². The Labute approximate surface area is 121 Å². The Morgan fingerprint density at radius 1 is 1.21 bits per heavy atom. The molecule has 4 heteroatoms. The Morgan fingerprint density at radius 3 is 2.63 bits per heavy atom. The molecular formula is C15H17BrN2O. The third-order valence-electron chi connectivity index (χ3n) is 3.18. The molecule has 0 spiro atoms. The number of nitrogens with two attached hydrogens (primary N) is 1. The van der Waals surface area contributed by atoms with Crippen molar-refractivity contribution < 1.29 is 4.74 Å². The maximum Gasteiger partial charge on any atom is 0.131 e. The van der Waals surface area contributed by atoms with Crippen molar-refractivity contribution in [1.29, 1.82) is 0 Å². The first-order chi connectivity index (χ1) is 8.99. The lowest BCUT2D eigenvalue weighted by Gasteiger charge is -2.11. The van der Waals surface area contributed by atoms with Gasteiger partial charge in [0.25, 0.3) is 0 Å². The van der Waals surface area contributed by atoms with Crippen molar-refractivity contribution >= 4 is 21.6 Å². The van der Waals surface area contributed by atoms with E-state index < -0.39 is 0 Å². The average molecular weight is 321 g/mol. The van der Waals surface area contributed by atoms with E-state index in [1.54, 1.807) is 6.20 Å². The van der Waals surface area contributed by atoms with Crippen LogP contribution in [0.3, 0.4) is 0 Å². The number of aromatic nitrogens is 1. The Balaban J connectivity index is 2.14. The maximum absolute atomic E-state index is 5.99. The van der Waals surface area contributed by atoms with Gasteiger partial charge in [-0.15, -0.1) is 0 Å². The zero-order valence-electron chi connectivity index (χ0n) is 11.3. The first-order valence-electron chi connectivity index (χ1n) is 6.08. The fourth-order valence-electron chi connectivity index (χ4n) is 1.80. The van der Waals surface area contributed by atoms with E-state index in [1.807, 2.05) is 39.0 Å². The summed E-state index contributed by atoms with van der Waals surface area (Å²) in [5.74, 6) is 0.834. The minimum absolute atomic E-state index is 0.428. The lowest BCUT2D eigenvalue weighted by Crippen LogP contribution is -2.05. The normalized spacial score (nSPS) is 10.5. The number of hydrogen-bond acceptors (Lipinski definition) is 3. The first-order valence-corrected chi connectivity index (χ1v) is 6.88. The van der Waals surface area contributed by atoms with Crippen LogP contribution in [0.25, 0.3) is 0 Å². The Morgan fingerprint density at radius 2 is 1.95 bits per heavy atom. The highest BCUT2D eigenvalue weighted by atomic mass is 79.9. The van der Waals surface area contributed by atoms with Crippen LogP contribution in [-0.2, 0) is 6.61 Å². The smallest absolute Gasteiger partial charge is 0.131 e. The predicted octanol–water partition coefficient (Wildman–Crippen LogP) is 3.93. The second kappa shape index (κ2) is 5.61. The van der Waals surface area contributed by atoms with Crippen LogP contribution >= 0.6 is 15.9 Å². The van der Waals surface area contributed by atoms with E-state index in [9.17, 15) is 0 Å². The SMILES string of the molecule is Cc1cc(OCc2ncc(C)c(N)c2C)ccc1Br. The van der Waals surface area contributed by atoms with Gasteiger partial charge in [-0.1, -0.05) is 15.9 Å². The van der Waals surface area contributed by atoms with Gasteiger partial charge in [0, 0.05) is 16.4 Å². The molecule has 0 bridgehead atoms. The molecule has 0 aliphatic heterocycles. The quantitative estimate of drug-likeness (QED) is 0.932. The van der Waals surface area contributed by atoms with E-state index in [0.29, 0.717) is 6.61 Å². The highest BCUT2D eigenvalue weighted by molar-refractivity contribution is 9.10. The molecule has 0 unspecified atom stereocenters. The van der Waals surface area contributed by atoms with Crippen molar-refractivity contribution in [3.8, 4) is 5.75 Å². The van der Waals surface area contributed by atoms with Crippen LogP contribution in [0.5, 0.6) is 5.75 Å². The zero-order chi connectivity index (χ0) is 14.0. The number of ether oxygens (including phenoxy) is 1. The minimum Gasteiger partial charge on any atom is -0.487 e. The fraction of sp³-hybridized carbons (Fsp3) is 0.267. The molecule has 2 rings (SSSR count). The van der Waals surface area contributed by atoms with Crippen LogP contribution in [0.4, 0.5) is 5.69 Å². The summed E-state index contributed by atoms with van der Waals surface area (Å²) >= 11 is 3.47. The van der Waals surface area contributed by atoms with Gasteiger partial charge in [0.2, 0.25) is 0 Å². The van der Waals surface area contributed by atoms with E-state index in [4.69, 9.17) is 10.5 Å². The van der Waals surface area contributed by atoms with Crippen LogP contribution in [0.15, 0.2) is 28.9 Å². The van der Waals surface area contributed by atoms with E-state index in [-0.39, 0.29) is 0 Å². The third-order valence-corrected chi connectivity index (χ3v) is 4.07.